The predicted octanol–water partition coefficient (Wildman–Crippen LogP) is 3.84. The van der Waals surface area contributed by atoms with Crippen molar-refractivity contribution in [2.45, 2.75) is 13.5 Å². The van der Waals surface area contributed by atoms with E-state index in [1.165, 1.54) is 18.2 Å². The molecule has 2 aromatic rings. The second-order valence-electron chi connectivity index (χ2n) is 4.22. The van der Waals surface area contributed by atoms with Crippen molar-refractivity contribution in [1.29, 1.82) is 0 Å². The molecule has 0 radical (unpaired) electrons. The van der Waals surface area contributed by atoms with Crippen LogP contribution in [0.3, 0.4) is 0 Å². The molecule has 6 heteroatoms. The summed E-state index contributed by atoms with van der Waals surface area (Å²) in [4.78, 5) is 10.2. The summed E-state index contributed by atoms with van der Waals surface area (Å²) in [7, 11) is 0. The van der Waals surface area contributed by atoms with Gasteiger partial charge in [-0.05, 0) is 36.2 Å². The van der Waals surface area contributed by atoms with Crippen LogP contribution in [0.4, 0.5) is 5.69 Å². The van der Waals surface area contributed by atoms with Crippen LogP contribution in [0.25, 0.3) is 0 Å². The van der Waals surface area contributed by atoms with Gasteiger partial charge in [0.15, 0.2) is 5.75 Å². The first kappa shape index (κ1) is 14.3. The maximum Gasteiger partial charge on any atom is 0.273 e. The second-order valence-corrected chi connectivity index (χ2v) is 4.63. The summed E-state index contributed by atoms with van der Waals surface area (Å²) in [5.74, 6) is 0.721. The van der Waals surface area contributed by atoms with Gasteiger partial charge >= 0.3 is 0 Å². The van der Waals surface area contributed by atoms with Crippen LogP contribution in [0.1, 0.15) is 11.1 Å². The Morgan fingerprint density at radius 1 is 1.30 bits per heavy atom. The standard InChI is InChI=1S/C14H12ClNO4/c1-9-6-12(4-2-10(9)8-17)20-14-7-11(16(18)19)3-5-13(14)15/h2-7,17H,8H2,1H3. The summed E-state index contributed by atoms with van der Waals surface area (Å²) in [6, 6.07) is 9.15. The number of ether oxygens (including phenoxy) is 1. The number of aliphatic hydroxyl groups excluding tert-OH is 1. The minimum absolute atomic E-state index is 0.0519. The molecular formula is C14H12ClNO4. The maximum atomic E-state index is 10.7. The highest BCUT2D eigenvalue weighted by molar-refractivity contribution is 6.32. The van der Waals surface area contributed by atoms with Gasteiger partial charge in [-0.3, -0.25) is 10.1 Å². The van der Waals surface area contributed by atoms with Crippen LogP contribution in [-0.4, -0.2) is 10.0 Å². The van der Waals surface area contributed by atoms with E-state index in [0.717, 1.165) is 11.1 Å². The molecule has 0 aliphatic rings. The van der Waals surface area contributed by atoms with Gasteiger partial charge in [0, 0.05) is 6.07 Å². The normalized spacial score (nSPS) is 10.3. The minimum atomic E-state index is -0.511. The van der Waals surface area contributed by atoms with Crippen LogP contribution in [-0.2, 0) is 6.61 Å². The summed E-state index contributed by atoms with van der Waals surface area (Å²) in [5, 5.41) is 20.1. The molecule has 2 aromatic carbocycles. The molecule has 0 saturated carbocycles. The number of rotatable bonds is 4. The van der Waals surface area contributed by atoms with Gasteiger partial charge in [0.2, 0.25) is 0 Å². The molecule has 0 fully saturated rings. The van der Waals surface area contributed by atoms with Gasteiger partial charge in [0.1, 0.15) is 5.75 Å². The van der Waals surface area contributed by atoms with Crippen molar-refractivity contribution in [3.63, 3.8) is 0 Å². The molecule has 20 heavy (non-hydrogen) atoms. The predicted molar refractivity (Wildman–Crippen MR) is 75.3 cm³/mol. The molecule has 1 N–H and O–H groups in total. The number of hydrogen-bond donors (Lipinski definition) is 1. The van der Waals surface area contributed by atoms with Crippen molar-refractivity contribution >= 4 is 17.3 Å². The first-order valence-corrected chi connectivity index (χ1v) is 6.21. The fraction of sp³-hybridized carbons (Fsp3) is 0.143. The molecule has 0 aliphatic carbocycles. The summed E-state index contributed by atoms with van der Waals surface area (Å²) < 4.78 is 5.56. The van der Waals surface area contributed by atoms with Gasteiger partial charge in [-0.25, -0.2) is 0 Å². The Labute approximate surface area is 120 Å². The molecular weight excluding hydrogens is 282 g/mol. The Kier molecular flexibility index (Phi) is 4.22. The zero-order valence-electron chi connectivity index (χ0n) is 10.7. The third-order valence-electron chi connectivity index (χ3n) is 2.84. The number of non-ortho nitro benzene ring substituents is 1. The molecule has 0 heterocycles. The zero-order valence-corrected chi connectivity index (χ0v) is 11.4. The molecule has 0 spiro atoms. The summed E-state index contributed by atoms with van der Waals surface area (Å²) in [6.45, 7) is 1.79. The average molecular weight is 294 g/mol. The van der Waals surface area contributed by atoms with Crippen LogP contribution < -0.4 is 4.74 Å². The van der Waals surface area contributed by atoms with Crippen molar-refractivity contribution in [2.75, 3.05) is 0 Å². The lowest BCUT2D eigenvalue weighted by molar-refractivity contribution is -0.384. The number of aliphatic hydroxyl groups is 1. The molecule has 0 amide bonds. The van der Waals surface area contributed by atoms with Crippen LogP contribution in [0.2, 0.25) is 5.02 Å². The first-order valence-electron chi connectivity index (χ1n) is 5.83. The summed E-state index contributed by atoms with van der Waals surface area (Å²) in [6.07, 6.45) is 0. The third-order valence-corrected chi connectivity index (χ3v) is 3.15. The van der Waals surface area contributed by atoms with Crippen LogP contribution >= 0.6 is 11.6 Å². The van der Waals surface area contributed by atoms with E-state index in [2.05, 4.69) is 0 Å². The molecule has 0 unspecified atom stereocenters. The molecule has 5 nitrogen and oxygen atoms in total. The molecule has 0 aliphatic heterocycles. The minimum Gasteiger partial charge on any atom is -0.456 e. The number of nitro groups is 1. The van der Waals surface area contributed by atoms with E-state index in [4.69, 9.17) is 21.4 Å². The number of hydrogen-bond acceptors (Lipinski definition) is 4. The lowest BCUT2D eigenvalue weighted by atomic mass is 10.1. The topological polar surface area (TPSA) is 72.6 Å². The molecule has 0 bridgehead atoms. The van der Waals surface area contributed by atoms with E-state index < -0.39 is 4.92 Å². The molecule has 104 valence electrons. The number of nitrogens with zero attached hydrogens (tertiary/aromatic N) is 1. The lowest BCUT2D eigenvalue weighted by Gasteiger charge is -2.09. The first-order chi connectivity index (χ1) is 9.51. The summed E-state index contributed by atoms with van der Waals surface area (Å²) >= 11 is 5.96. The molecule has 0 aromatic heterocycles. The van der Waals surface area contributed by atoms with E-state index in [-0.39, 0.29) is 18.0 Å². The van der Waals surface area contributed by atoms with Gasteiger partial charge in [0.25, 0.3) is 5.69 Å². The Balaban J connectivity index is 2.32. The molecule has 0 atom stereocenters. The number of halogens is 1. The van der Waals surface area contributed by atoms with Gasteiger partial charge in [-0.1, -0.05) is 17.7 Å². The average Bonchev–Trinajstić information content (AvgIpc) is 2.41. The van der Waals surface area contributed by atoms with Crippen LogP contribution in [0.15, 0.2) is 36.4 Å². The lowest BCUT2D eigenvalue weighted by Crippen LogP contribution is -1.93. The SMILES string of the molecule is Cc1cc(Oc2cc([N+](=O)[O-])ccc2Cl)ccc1CO. The highest BCUT2D eigenvalue weighted by Crippen LogP contribution is 2.33. The number of benzene rings is 2. The molecule has 2 rings (SSSR count). The van der Waals surface area contributed by atoms with Crippen molar-refractivity contribution in [1.82, 2.24) is 0 Å². The van der Waals surface area contributed by atoms with E-state index >= 15 is 0 Å². The van der Waals surface area contributed by atoms with E-state index in [1.54, 1.807) is 18.2 Å². The van der Waals surface area contributed by atoms with Gasteiger partial charge in [0.05, 0.1) is 22.6 Å². The Bertz CT molecular complexity index is 658. The highest BCUT2D eigenvalue weighted by Gasteiger charge is 2.12. The Morgan fingerprint density at radius 2 is 2.05 bits per heavy atom. The van der Waals surface area contributed by atoms with Crippen LogP contribution in [0, 0.1) is 17.0 Å². The highest BCUT2D eigenvalue weighted by atomic mass is 35.5. The van der Waals surface area contributed by atoms with Gasteiger partial charge < -0.3 is 9.84 Å². The van der Waals surface area contributed by atoms with Crippen molar-refractivity contribution < 1.29 is 14.8 Å². The van der Waals surface area contributed by atoms with E-state index in [0.29, 0.717) is 10.8 Å². The fourth-order valence-corrected chi connectivity index (χ4v) is 1.88. The molecule has 0 saturated heterocycles. The Morgan fingerprint density at radius 3 is 2.65 bits per heavy atom. The fourth-order valence-electron chi connectivity index (χ4n) is 1.72. The Hall–Kier alpha value is -2.11. The largest absolute Gasteiger partial charge is 0.456 e. The maximum absolute atomic E-state index is 10.7. The van der Waals surface area contributed by atoms with E-state index in [9.17, 15) is 10.1 Å². The quantitative estimate of drug-likeness (QED) is 0.686. The van der Waals surface area contributed by atoms with Crippen LogP contribution in [0.5, 0.6) is 11.5 Å². The van der Waals surface area contributed by atoms with E-state index in [1.807, 2.05) is 6.92 Å². The smallest absolute Gasteiger partial charge is 0.273 e. The number of aryl methyl sites for hydroxylation is 1. The summed E-state index contributed by atoms with van der Waals surface area (Å²) in [5.41, 5.74) is 1.57. The van der Waals surface area contributed by atoms with Crippen molar-refractivity contribution in [2.24, 2.45) is 0 Å². The number of nitro benzene ring substituents is 1. The van der Waals surface area contributed by atoms with Crippen molar-refractivity contribution in [3.8, 4) is 11.5 Å². The zero-order chi connectivity index (χ0) is 14.7. The third kappa shape index (κ3) is 3.07. The van der Waals surface area contributed by atoms with Crippen molar-refractivity contribution in [3.05, 3.63) is 62.7 Å². The van der Waals surface area contributed by atoms with Gasteiger partial charge in [-0.15, -0.1) is 0 Å². The monoisotopic (exact) mass is 293 g/mol. The van der Waals surface area contributed by atoms with Gasteiger partial charge in [-0.2, -0.15) is 0 Å². The second kappa shape index (κ2) is 5.90.